The summed E-state index contributed by atoms with van der Waals surface area (Å²) in [5.41, 5.74) is 6.94. The van der Waals surface area contributed by atoms with Gasteiger partial charge in [0.25, 0.3) is 0 Å². The predicted octanol–water partition coefficient (Wildman–Crippen LogP) is 1.18. The molecule has 1 aliphatic heterocycles. The first-order chi connectivity index (χ1) is 10.1. The number of rotatable bonds is 6. The second-order valence-electron chi connectivity index (χ2n) is 5.35. The van der Waals surface area contributed by atoms with E-state index in [1.807, 2.05) is 0 Å². The number of ether oxygens (including phenoxy) is 2. The van der Waals surface area contributed by atoms with Crippen LogP contribution in [0.2, 0.25) is 0 Å². The van der Waals surface area contributed by atoms with Crippen LogP contribution in [0.25, 0.3) is 0 Å². The largest absolute Gasteiger partial charge is 0.494 e. The SMILES string of the molecule is COCC1CCN(CC(=O)Nc2ccc(N)cc2OC)C1. The molecule has 1 fully saturated rings. The van der Waals surface area contributed by atoms with E-state index in [2.05, 4.69) is 10.2 Å². The number of amides is 1. The van der Waals surface area contributed by atoms with Gasteiger partial charge in [-0.1, -0.05) is 0 Å². The monoisotopic (exact) mass is 293 g/mol. The Morgan fingerprint density at radius 2 is 2.29 bits per heavy atom. The molecule has 2 rings (SSSR count). The molecule has 1 saturated heterocycles. The van der Waals surface area contributed by atoms with E-state index in [0.29, 0.717) is 29.6 Å². The van der Waals surface area contributed by atoms with Gasteiger partial charge in [0, 0.05) is 25.4 Å². The Labute approximate surface area is 125 Å². The van der Waals surface area contributed by atoms with Gasteiger partial charge in [-0.3, -0.25) is 9.69 Å². The Balaban J connectivity index is 1.88. The molecule has 0 bridgehead atoms. The van der Waals surface area contributed by atoms with Crippen molar-refractivity contribution in [2.24, 2.45) is 5.92 Å². The van der Waals surface area contributed by atoms with E-state index in [0.717, 1.165) is 26.1 Å². The number of carbonyl (C=O) groups excluding carboxylic acids is 1. The van der Waals surface area contributed by atoms with Crippen molar-refractivity contribution in [2.45, 2.75) is 6.42 Å². The molecular formula is C15H23N3O3. The van der Waals surface area contributed by atoms with Crippen LogP contribution in [0.3, 0.4) is 0 Å². The summed E-state index contributed by atoms with van der Waals surface area (Å²) in [6, 6.07) is 5.19. The van der Waals surface area contributed by atoms with Crippen molar-refractivity contribution in [3.63, 3.8) is 0 Å². The second-order valence-corrected chi connectivity index (χ2v) is 5.35. The summed E-state index contributed by atoms with van der Waals surface area (Å²) >= 11 is 0. The lowest BCUT2D eigenvalue weighted by molar-refractivity contribution is -0.117. The summed E-state index contributed by atoms with van der Waals surface area (Å²) in [7, 11) is 3.27. The standard InChI is InChI=1S/C15H23N3O3/c1-20-10-11-5-6-18(8-11)9-15(19)17-13-4-3-12(16)7-14(13)21-2/h3-4,7,11H,5-6,8-10,16H2,1-2H3,(H,17,19). The van der Waals surface area contributed by atoms with Crippen LogP contribution in [-0.4, -0.2) is 51.3 Å². The van der Waals surface area contributed by atoms with E-state index in [1.54, 1.807) is 32.4 Å². The zero-order valence-electron chi connectivity index (χ0n) is 12.6. The van der Waals surface area contributed by atoms with Crippen LogP contribution in [0, 0.1) is 5.92 Å². The smallest absolute Gasteiger partial charge is 0.238 e. The topological polar surface area (TPSA) is 76.8 Å². The zero-order chi connectivity index (χ0) is 15.2. The van der Waals surface area contributed by atoms with Crippen molar-refractivity contribution < 1.29 is 14.3 Å². The number of benzene rings is 1. The zero-order valence-corrected chi connectivity index (χ0v) is 12.6. The van der Waals surface area contributed by atoms with Gasteiger partial charge in [-0.05, 0) is 31.0 Å². The molecule has 1 amide bonds. The first-order valence-electron chi connectivity index (χ1n) is 7.07. The van der Waals surface area contributed by atoms with Crippen LogP contribution in [0.15, 0.2) is 18.2 Å². The number of methoxy groups -OCH3 is 2. The van der Waals surface area contributed by atoms with E-state index in [4.69, 9.17) is 15.2 Å². The third-order valence-electron chi connectivity index (χ3n) is 3.64. The summed E-state index contributed by atoms with van der Waals surface area (Å²) in [5, 5.41) is 2.87. The first kappa shape index (κ1) is 15.6. The number of hydrogen-bond acceptors (Lipinski definition) is 5. The minimum atomic E-state index is -0.0452. The molecule has 0 aliphatic carbocycles. The van der Waals surface area contributed by atoms with Gasteiger partial charge in [-0.2, -0.15) is 0 Å². The number of nitrogen functional groups attached to an aromatic ring is 1. The van der Waals surface area contributed by atoms with Gasteiger partial charge in [0.15, 0.2) is 0 Å². The second kappa shape index (κ2) is 7.28. The molecule has 1 heterocycles. The molecule has 21 heavy (non-hydrogen) atoms. The van der Waals surface area contributed by atoms with Crippen molar-refractivity contribution in [2.75, 3.05) is 51.5 Å². The number of nitrogens with two attached hydrogens (primary N) is 1. The highest BCUT2D eigenvalue weighted by Gasteiger charge is 2.24. The van der Waals surface area contributed by atoms with Crippen LogP contribution >= 0.6 is 0 Å². The third kappa shape index (κ3) is 4.34. The summed E-state index contributed by atoms with van der Waals surface area (Å²) in [6.07, 6.45) is 1.08. The van der Waals surface area contributed by atoms with E-state index in [1.165, 1.54) is 0 Å². The van der Waals surface area contributed by atoms with E-state index < -0.39 is 0 Å². The number of nitrogens with zero attached hydrogens (tertiary/aromatic N) is 1. The molecule has 116 valence electrons. The fourth-order valence-electron chi connectivity index (χ4n) is 2.63. The van der Waals surface area contributed by atoms with Crippen molar-refractivity contribution in [3.05, 3.63) is 18.2 Å². The van der Waals surface area contributed by atoms with Gasteiger partial charge in [0.1, 0.15) is 5.75 Å². The van der Waals surface area contributed by atoms with Crippen molar-refractivity contribution in [3.8, 4) is 5.75 Å². The summed E-state index contributed by atoms with van der Waals surface area (Å²) in [6.45, 7) is 2.97. The van der Waals surface area contributed by atoms with Crippen molar-refractivity contribution in [1.82, 2.24) is 4.90 Å². The Kier molecular flexibility index (Phi) is 5.41. The molecule has 1 unspecified atom stereocenters. The number of carbonyl (C=O) groups is 1. The summed E-state index contributed by atoms with van der Waals surface area (Å²) < 4.78 is 10.4. The van der Waals surface area contributed by atoms with E-state index >= 15 is 0 Å². The van der Waals surface area contributed by atoms with Gasteiger partial charge in [-0.25, -0.2) is 0 Å². The lowest BCUT2D eigenvalue weighted by atomic mass is 10.1. The molecule has 1 aromatic carbocycles. The summed E-state index contributed by atoms with van der Waals surface area (Å²) in [4.78, 5) is 14.3. The average molecular weight is 293 g/mol. The number of hydrogen-bond donors (Lipinski definition) is 2. The molecule has 3 N–H and O–H groups in total. The molecule has 0 spiro atoms. The molecule has 0 radical (unpaired) electrons. The highest BCUT2D eigenvalue weighted by Crippen LogP contribution is 2.26. The molecule has 1 aliphatic rings. The molecule has 6 heteroatoms. The maximum Gasteiger partial charge on any atom is 0.238 e. The first-order valence-corrected chi connectivity index (χ1v) is 7.07. The molecule has 6 nitrogen and oxygen atoms in total. The Bertz CT molecular complexity index is 493. The minimum absolute atomic E-state index is 0.0452. The van der Waals surface area contributed by atoms with Gasteiger partial charge in [0.2, 0.25) is 5.91 Å². The highest BCUT2D eigenvalue weighted by molar-refractivity contribution is 5.94. The number of anilines is 2. The molecule has 0 saturated carbocycles. The Morgan fingerprint density at radius 1 is 1.48 bits per heavy atom. The van der Waals surface area contributed by atoms with Gasteiger partial charge in [-0.15, -0.1) is 0 Å². The van der Waals surface area contributed by atoms with Crippen LogP contribution in [0.4, 0.5) is 11.4 Å². The lowest BCUT2D eigenvalue weighted by Crippen LogP contribution is -2.32. The Morgan fingerprint density at radius 3 is 3.00 bits per heavy atom. The van der Waals surface area contributed by atoms with Gasteiger partial charge >= 0.3 is 0 Å². The van der Waals surface area contributed by atoms with Crippen molar-refractivity contribution >= 4 is 17.3 Å². The van der Waals surface area contributed by atoms with Crippen LogP contribution < -0.4 is 15.8 Å². The average Bonchev–Trinajstić information content (AvgIpc) is 2.88. The third-order valence-corrected chi connectivity index (χ3v) is 3.64. The van der Waals surface area contributed by atoms with Crippen LogP contribution in [-0.2, 0) is 9.53 Å². The molecule has 1 atom stereocenters. The van der Waals surface area contributed by atoms with Crippen molar-refractivity contribution in [1.29, 1.82) is 0 Å². The fourth-order valence-corrected chi connectivity index (χ4v) is 2.63. The predicted molar refractivity (Wildman–Crippen MR) is 82.5 cm³/mol. The maximum atomic E-state index is 12.1. The van der Waals surface area contributed by atoms with Gasteiger partial charge < -0.3 is 20.5 Å². The number of nitrogens with one attached hydrogen (secondary N) is 1. The maximum absolute atomic E-state index is 12.1. The minimum Gasteiger partial charge on any atom is -0.494 e. The normalized spacial score (nSPS) is 18.7. The molecule has 1 aromatic rings. The lowest BCUT2D eigenvalue weighted by Gasteiger charge is -2.16. The molecule has 0 aromatic heterocycles. The highest BCUT2D eigenvalue weighted by atomic mass is 16.5. The molecular weight excluding hydrogens is 270 g/mol. The van der Waals surface area contributed by atoms with Crippen LogP contribution in [0.1, 0.15) is 6.42 Å². The number of likely N-dealkylation sites (tertiary alicyclic amines) is 1. The quantitative estimate of drug-likeness (QED) is 0.770. The van der Waals surface area contributed by atoms with E-state index in [9.17, 15) is 4.79 Å². The fraction of sp³-hybridized carbons (Fsp3) is 0.533. The Hall–Kier alpha value is -1.79. The van der Waals surface area contributed by atoms with Crippen LogP contribution in [0.5, 0.6) is 5.75 Å². The van der Waals surface area contributed by atoms with Gasteiger partial charge in [0.05, 0.1) is 25.9 Å². The summed E-state index contributed by atoms with van der Waals surface area (Å²) in [5.74, 6) is 1.05. The van der Waals surface area contributed by atoms with E-state index in [-0.39, 0.29) is 5.91 Å².